The van der Waals surface area contributed by atoms with E-state index in [4.69, 9.17) is 5.73 Å². The maximum atomic E-state index is 12.0. The number of hydrogen-bond acceptors (Lipinski definition) is 3. The van der Waals surface area contributed by atoms with E-state index in [1.54, 1.807) is 18.2 Å². The van der Waals surface area contributed by atoms with Crippen molar-refractivity contribution in [2.45, 2.75) is 19.3 Å². The molecule has 1 aliphatic heterocycles. The number of nitrogens with two attached hydrogens (primary N) is 1. The molecule has 2 rings (SSSR count). The molecule has 3 N–H and O–H groups in total. The minimum absolute atomic E-state index is 0.101. The highest BCUT2D eigenvalue weighted by Crippen LogP contribution is 2.11. The number of rotatable bonds is 4. The summed E-state index contributed by atoms with van der Waals surface area (Å²) in [7, 11) is 0. The quantitative estimate of drug-likeness (QED) is 0.855. The van der Waals surface area contributed by atoms with Crippen molar-refractivity contribution in [3.63, 3.8) is 0 Å². The maximum Gasteiger partial charge on any atom is 0.248 e. The van der Waals surface area contributed by atoms with Gasteiger partial charge >= 0.3 is 0 Å². The Morgan fingerprint density at radius 3 is 2.63 bits per heavy atom. The third-order valence-electron chi connectivity index (χ3n) is 3.30. The summed E-state index contributed by atoms with van der Waals surface area (Å²) in [5, 5.41) is 3.04. The largest absolute Gasteiger partial charge is 0.376 e. The molecule has 1 aromatic carbocycles. The minimum Gasteiger partial charge on any atom is -0.376 e. The van der Waals surface area contributed by atoms with Gasteiger partial charge in [-0.05, 0) is 37.5 Å². The van der Waals surface area contributed by atoms with E-state index in [0.717, 1.165) is 31.6 Å². The van der Waals surface area contributed by atoms with Crippen LogP contribution in [0, 0.1) is 0 Å². The molecule has 0 atom stereocenters. The van der Waals surface area contributed by atoms with E-state index < -0.39 is 5.91 Å². The summed E-state index contributed by atoms with van der Waals surface area (Å²) in [4.78, 5) is 24.9. The first-order chi connectivity index (χ1) is 9.16. The molecule has 0 bridgehead atoms. The number of likely N-dealkylation sites (tertiary alicyclic amines) is 1. The van der Waals surface area contributed by atoms with Crippen molar-refractivity contribution in [3.05, 3.63) is 29.8 Å². The number of nitrogens with one attached hydrogen (secondary N) is 1. The molecular formula is C14H19N3O2. The Morgan fingerprint density at radius 1 is 1.21 bits per heavy atom. The second kappa shape index (κ2) is 6.22. The van der Waals surface area contributed by atoms with Gasteiger partial charge in [0, 0.05) is 24.3 Å². The van der Waals surface area contributed by atoms with E-state index in [-0.39, 0.29) is 12.5 Å². The van der Waals surface area contributed by atoms with Crippen molar-refractivity contribution in [2.24, 2.45) is 5.73 Å². The molecule has 5 nitrogen and oxygen atoms in total. The van der Waals surface area contributed by atoms with E-state index in [2.05, 4.69) is 5.32 Å². The highest BCUT2D eigenvalue weighted by Gasteiger charge is 2.15. The monoisotopic (exact) mass is 261 g/mol. The van der Waals surface area contributed by atoms with Gasteiger partial charge in [-0.25, -0.2) is 0 Å². The number of benzene rings is 1. The van der Waals surface area contributed by atoms with E-state index in [1.807, 2.05) is 11.0 Å². The normalized spacial score (nSPS) is 15.1. The SMILES string of the molecule is NC(=O)c1cccc(NCC(=O)N2CCCCC2)c1. The van der Waals surface area contributed by atoms with Crippen LogP contribution in [0.4, 0.5) is 5.69 Å². The molecule has 1 heterocycles. The van der Waals surface area contributed by atoms with E-state index >= 15 is 0 Å². The van der Waals surface area contributed by atoms with Crippen molar-refractivity contribution in [1.82, 2.24) is 4.90 Å². The lowest BCUT2D eigenvalue weighted by Gasteiger charge is -2.26. The van der Waals surface area contributed by atoms with Crippen LogP contribution in [-0.2, 0) is 4.79 Å². The third-order valence-corrected chi connectivity index (χ3v) is 3.30. The Labute approximate surface area is 112 Å². The third kappa shape index (κ3) is 3.71. The Kier molecular flexibility index (Phi) is 4.39. The Morgan fingerprint density at radius 2 is 1.95 bits per heavy atom. The van der Waals surface area contributed by atoms with Gasteiger partial charge in [0.2, 0.25) is 11.8 Å². The Balaban J connectivity index is 1.89. The first kappa shape index (κ1) is 13.4. The maximum absolute atomic E-state index is 12.0. The standard InChI is InChI=1S/C14H19N3O2/c15-14(19)11-5-4-6-12(9-11)16-10-13(18)17-7-2-1-3-8-17/h4-6,9,16H,1-3,7-8,10H2,(H2,15,19). The van der Waals surface area contributed by atoms with Crippen molar-refractivity contribution < 1.29 is 9.59 Å². The fourth-order valence-corrected chi connectivity index (χ4v) is 2.22. The number of primary amides is 1. The lowest BCUT2D eigenvalue weighted by Crippen LogP contribution is -2.39. The van der Waals surface area contributed by atoms with Crippen LogP contribution in [0.25, 0.3) is 0 Å². The van der Waals surface area contributed by atoms with Crippen LogP contribution in [0.15, 0.2) is 24.3 Å². The second-order valence-electron chi connectivity index (χ2n) is 4.74. The summed E-state index contributed by atoms with van der Waals surface area (Å²) in [5.41, 5.74) is 6.39. The predicted octanol–water partition coefficient (Wildman–Crippen LogP) is 1.21. The molecule has 1 saturated heterocycles. The molecule has 0 aliphatic carbocycles. The number of carbonyl (C=O) groups excluding carboxylic acids is 2. The molecule has 0 spiro atoms. The summed E-state index contributed by atoms with van der Waals surface area (Å²) >= 11 is 0. The summed E-state index contributed by atoms with van der Waals surface area (Å²) in [6.07, 6.45) is 3.38. The lowest BCUT2D eigenvalue weighted by molar-refractivity contribution is -0.130. The number of hydrogen-bond donors (Lipinski definition) is 2. The molecule has 5 heteroatoms. The van der Waals surface area contributed by atoms with Gasteiger partial charge in [0.25, 0.3) is 0 Å². The molecule has 1 fully saturated rings. The van der Waals surface area contributed by atoms with E-state index in [9.17, 15) is 9.59 Å². The van der Waals surface area contributed by atoms with Gasteiger partial charge in [-0.2, -0.15) is 0 Å². The fraction of sp³-hybridized carbons (Fsp3) is 0.429. The number of nitrogens with zero attached hydrogens (tertiary/aromatic N) is 1. The highest BCUT2D eigenvalue weighted by molar-refractivity contribution is 5.93. The molecule has 1 aromatic rings. The van der Waals surface area contributed by atoms with E-state index in [1.165, 1.54) is 6.42 Å². The van der Waals surface area contributed by atoms with Crippen molar-refractivity contribution in [3.8, 4) is 0 Å². The second-order valence-corrected chi connectivity index (χ2v) is 4.74. The summed E-state index contributed by atoms with van der Waals surface area (Å²) in [6, 6.07) is 6.87. The number of anilines is 1. The van der Waals surface area contributed by atoms with Crippen LogP contribution in [0.5, 0.6) is 0 Å². The van der Waals surface area contributed by atoms with Gasteiger partial charge in [-0.3, -0.25) is 9.59 Å². The molecule has 2 amide bonds. The van der Waals surface area contributed by atoms with Crippen LogP contribution in [-0.4, -0.2) is 36.3 Å². The molecule has 0 saturated carbocycles. The van der Waals surface area contributed by atoms with Crippen LogP contribution in [0.1, 0.15) is 29.6 Å². The van der Waals surface area contributed by atoms with Gasteiger partial charge in [0.1, 0.15) is 0 Å². The van der Waals surface area contributed by atoms with Crippen molar-refractivity contribution >= 4 is 17.5 Å². The zero-order valence-electron chi connectivity index (χ0n) is 10.9. The van der Waals surface area contributed by atoms with Gasteiger partial charge in [-0.15, -0.1) is 0 Å². The summed E-state index contributed by atoms with van der Waals surface area (Å²) in [6.45, 7) is 1.95. The van der Waals surface area contributed by atoms with Crippen LogP contribution in [0.2, 0.25) is 0 Å². The topological polar surface area (TPSA) is 75.4 Å². The first-order valence-electron chi connectivity index (χ1n) is 6.58. The average Bonchev–Trinajstić information content (AvgIpc) is 2.46. The van der Waals surface area contributed by atoms with Crippen molar-refractivity contribution in [2.75, 3.05) is 25.0 Å². The molecule has 19 heavy (non-hydrogen) atoms. The smallest absolute Gasteiger partial charge is 0.248 e. The van der Waals surface area contributed by atoms with Crippen LogP contribution in [0.3, 0.4) is 0 Å². The Hall–Kier alpha value is -2.04. The zero-order chi connectivity index (χ0) is 13.7. The van der Waals surface area contributed by atoms with Gasteiger partial charge in [0.15, 0.2) is 0 Å². The van der Waals surface area contributed by atoms with Gasteiger partial charge < -0.3 is 16.0 Å². The first-order valence-corrected chi connectivity index (χ1v) is 6.58. The van der Waals surface area contributed by atoms with Crippen molar-refractivity contribution in [1.29, 1.82) is 0 Å². The lowest BCUT2D eigenvalue weighted by atomic mass is 10.1. The van der Waals surface area contributed by atoms with Crippen LogP contribution < -0.4 is 11.1 Å². The molecular weight excluding hydrogens is 242 g/mol. The summed E-state index contributed by atoms with van der Waals surface area (Å²) < 4.78 is 0. The summed E-state index contributed by atoms with van der Waals surface area (Å²) in [5.74, 6) is -0.366. The minimum atomic E-state index is -0.467. The molecule has 0 radical (unpaired) electrons. The number of amides is 2. The highest BCUT2D eigenvalue weighted by atomic mass is 16.2. The average molecular weight is 261 g/mol. The number of piperidine rings is 1. The molecule has 102 valence electrons. The number of carbonyl (C=O) groups is 2. The Bertz CT molecular complexity index is 468. The fourth-order valence-electron chi connectivity index (χ4n) is 2.22. The zero-order valence-corrected chi connectivity index (χ0v) is 10.9. The van der Waals surface area contributed by atoms with Gasteiger partial charge in [0.05, 0.1) is 6.54 Å². The molecule has 1 aliphatic rings. The predicted molar refractivity (Wildman–Crippen MR) is 73.9 cm³/mol. The van der Waals surface area contributed by atoms with Crippen LogP contribution >= 0.6 is 0 Å². The molecule has 0 aromatic heterocycles. The molecule has 0 unspecified atom stereocenters. The van der Waals surface area contributed by atoms with Gasteiger partial charge in [-0.1, -0.05) is 6.07 Å². The van der Waals surface area contributed by atoms with E-state index in [0.29, 0.717) is 5.56 Å².